The second-order valence-corrected chi connectivity index (χ2v) is 5.92. The van der Waals surface area contributed by atoms with Gasteiger partial charge >= 0.3 is 0 Å². The van der Waals surface area contributed by atoms with E-state index in [0.717, 1.165) is 24.9 Å². The average molecular weight is 292 g/mol. The van der Waals surface area contributed by atoms with E-state index in [1.54, 1.807) is 0 Å². The van der Waals surface area contributed by atoms with E-state index in [1.807, 2.05) is 18.2 Å². The van der Waals surface area contributed by atoms with Gasteiger partial charge in [0.1, 0.15) is 0 Å². The van der Waals surface area contributed by atoms with Crippen molar-refractivity contribution >= 4 is 0 Å². The number of hydrogen-bond acceptors (Lipinski definition) is 2. The summed E-state index contributed by atoms with van der Waals surface area (Å²) in [7, 11) is 2.18. The molecule has 0 saturated carbocycles. The normalized spacial score (nSPS) is 12.1. The molecular weight excluding hydrogens is 268 g/mol. The van der Waals surface area contributed by atoms with Crippen LogP contribution in [0, 0.1) is 18.3 Å². The lowest BCUT2D eigenvalue weighted by molar-refractivity contribution is 0.225. The van der Waals surface area contributed by atoms with Crippen LogP contribution in [0.25, 0.3) is 0 Å². The van der Waals surface area contributed by atoms with Gasteiger partial charge in [0.05, 0.1) is 11.6 Å². The molecule has 2 nitrogen and oxygen atoms in total. The van der Waals surface area contributed by atoms with Crippen LogP contribution in [0.3, 0.4) is 0 Å². The molecular formula is C20H24N2. The predicted octanol–water partition coefficient (Wildman–Crippen LogP) is 4.32. The van der Waals surface area contributed by atoms with Gasteiger partial charge in [-0.1, -0.05) is 43.3 Å². The largest absolute Gasteiger partial charge is 0.299 e. The van der Waals surface area contributed by atoms with Crippen LogP contribution in [-0.2, 0) is 13.0 Å². The van der Waals surface area contributed by atoms with Crippen molar-refractivity contribution in [3.8, 4) is 6.07 Å². The van der Waals surface area contributed by atoms with Crippen LogP contribution < -0.4 is 0 Å². The van der Waals surface area contributed by atoms with Crippen molar-refractivity contribution in [2.45, 2.75) is 39.3 Å². The zero-order chi connectivity index (χ0) is 15.9. The molecule has 2 aromatic carbocycles. The number of aryl methyl sites for hydroxylation is 1. The van der Waals surface area contributed by atoms with E-state index in [-0.39, 0.29) is 0 Å². The fourth-order valence-electron chi connectivity index (χ4n) is 2.81. The lowest BCUT2D eigenvalue weighted by atomic mass is 10.0. The monoisotopic (exact) mass is 292 g/mol. The van der Waals surface area contributed by atoms with Crippen LogP contribution in [0.5, 0.6) is 0 Å². The zero-order valence-electron chi connectivity index (χ0n) is 13.7. The van der Waals surface area contributed by atoms with Crippen LogP contribution in [0.1, 0.15) is 35.6 Å². The van der Waals surface area contributed by atoms with Crippen molar-refractivity contribution in [3.63, 3.8) is 0 Å². The summed E-state index contributed by atoms with van der Waals surface area (Å²) in [6.45, 7) is 5.23. The number of nitrogens with zero attached hydrogens (tertiary/aromatic N) is 2. The van der Waals surface area contributed by atoms with Gasteiger partial charge in [-0.3, -0.25) is 4.90 Å². The van der Waals surface area contributed by atoms with Gasteiger partial charge in [-0.25, -0.2) is 0 Å². The lowest BCUT2D eigenvalue weighted by Gasteiger charge is -2.28. The first kappa shape index (κ1) is 16.3. The molecule has 0 saturated heterocycles. The lowest BCUT2D eigenvalue weighted by Crippen LogP contribution is -2.32. The maximum atomic E-state index is 9.07. The summed E-state index contributed by atoms with van der Waals surface area (Å²) < 4.78 is 0. The van der Waals surface area contributed by atoms with E-state index in [0.29, 0.717) is 6.04 Å². The van der Waals surface area contributed by atoms with Crippen molar-refractivity contribution in [1.29, 1.82) is 5.26 Å². The Morgan fingerprint density at radius 1 is 1.14 bits per heavy atom. The second kappa shape index (κ2) is 7.77. The molecule has 2 aromatic rings. The molecule has 22 heavy (non-hydrogen) atoms. The molecule has 2 heteroatoms. The minimum atomic E-state index is 0.507. The zero-order valence-corrected chi connectivity index (χ0v) is 13.7. The van der Waals surface area contributed by atoms with E-state index in [4.69, 9.17) is 5.26 Å². The van der Waals surface area contributed by atoms with Gasteiger partial charge in [0.25, 0.3) is 0 Å². The molecule has 0 fully saturated rings. The highest BCUT2D eigenvalue weighted by molar-refractivity contribution is 5.37. The summed E-state index contributed by atoms with van der Waals surface area (Å²) in [5.74, 6) is 0. The highest BCUT2D eigenvalue weighted by atomic mass is 15.1. The number of benzene rings is 2. The molecule has 0 aliphatic heterocycles. The summed E-state index contributed by atoms with van der Waals surface area (Å²) in [5.41, 5.74) is 4.61. The molecule has 0 bridgehead atoms. The Kier molecular flexibility index (Phi) is 5.75. The fourth-order valence-corrected chi connectivity index (χ4v) is 2.81. The van der Waals surface area contributed by atoms with E-state index in [2.05, 4.69) is 62.2 Å². The first-order valence-electron chi connectivity index (χ1n) is 7.87. The molecule has 0 N–H and O–H groups in total. The molecule has 114 valence electrons. The first-order valence-corrected chi connectivity index (χ1v) is 7.87. The van der Waals surface area contributed by atoms with Crippen LogP contribution in [0.4, 0.5) is 0 Å². The molecule has 0 aliphatic carbocycles. The molecule has 0 radical (unpaired) electrons. The van der Waals surface area contributed by atoms with Crippen molar-refractivity contribution in [1.82, 2.24) is 4.90 Å². The van der Waals surface area contributed by atoms with Gasteiger partial charge in [0.15, 0.2) is 0 Å². The topological polar surface area (TPSA) is 27.0 Å². The molecule has 0 unspecified atom stereocenters. The highest BCUT2D eigenvalue weighted by Gasteiger charge is 2.14. The summed E-state index contributed by atoms with van der Waals surface area (Å²) >= 11 is 0. The third-order valence-electron chi connectivity index (χ3n) is 4.31. The van der Waals surface area contributed by atoms with Crippen molar-refractivity contribution in [3.05, 3.63) is 70.8 Å². The maximum absolute atomic E-state index is 9.07. The predicted molar refractivity (Wildman–Crippen MR) is 91.6 cm³/mol. The summed E-state index contributed by atoms with van der Waals surface area (Å²) in [6.07, 6.45) is 2.17. The second-order valence-electron chi connectivity index (χ2n) is 5.92. The van der Waals surface area contributed by atoms with E-state index >= 15 is 0 Å². The molecule has 0 heterocycles. The van der Waals surface area contributed by atoms with Gasteiger partial charge in [-0.2, -0.15) is 5.26 Å². The van der Waals surface area contributed by atoms with Gasteiger partial charge < -0.3 is 0 Å². The molecule has 0 aromatic heterocycles. The van der Waals surface area contributed by atoms with Crippen LogP contribution in [0.15, 0.2) is 48.5 Å². The summed E-state index contributed by atoms with van der Waals surface area (Å²) in [6, 6.07) is 19.3. The number of likely N-dealkylation sites (N-methyl/N-ethyl adjacent to an activating group) is 1. The van der Waals surface area contributed by atoms with Gasteiger partial charge in [-0.05, 0) is 55.6 Å². The number of rotatable bonds is 6. The molecule has 1 atom stereocenters. The fraction of sp³-hybridized carbons (Fsp3) is 0.350. The Bertz CT molecular complexity index is 641. The summed E-state index contributed by atoms with van der Waals surface area (Å²) in [5, 5.41) is 9.07. The Morgan fingerprint density at radius 3 is 2.50 bits per heavy atom. The van der Waals surface area contributed by atoms with E-state index in [9.17, 15) is 0 Å². The molecule has 0 aliphatic rings. The van der Waals surface area contributed by atoms with E-state index < -0.39 is 0 Å². The maximum Gasteiger partial charge on any atom is 0.0991 e. The third kappa shape index (κ3) is 4.19. The average Bonchev–Trinajstić information content (AvgIpc) is 2.55. The van der Waals surface area contributed by atoms with Crippen molar-refractivity contribution in [2.24, 2.45) is 0 Å². The van der Waals surface area contributed by atoms with Gasteiger partial charge in [-0.15, -0.1) is 0 Å². The number of hydrogen-bond donors (Lipinski definition) is 0. The Balaban J connectivity index is 2.09. The highest BCUT2D eigenvalue weighted by Crippen LogP contribution is 2.17. The molecule has 0 spiro atoms. The first-order chi connectivity index (χ1) is 10.6. The standard InChI is InChI=1S/C20H24N2/c1-4-20(13-17-8-6-5-7-9-17)22(3)15-19-12-18(14-21)11-10-16(19)2/h5-12,20H,4,13,15H2,1-3H3/t20-/m0/s1. The van der Waals surface area contributed by atoms with E-state index in [1.165, 1.54) is 16.7 Å². The SMILES string of the molecule is CC[C@@H](Cc1ccccc1)N(C)Cc1cc(C#N)ccc1C. The summed E-state index contributed by atoms with van der Waals surface area (Å²) in [4.78, 5) is 2.40. The number of nitriles is 1. The Morgan fingerprint density at radius 2 is 1.86 bits per heavy atom. The molecule has 0 amide bonds. The Hall–Kier alpha value is -2.11. The van der Waals surface area contributed by atoms with Gasteiger partial charge in [0.2, 0.25) is 0 Å². The van der Waals surface area contributed by atoms with Gasteiger partial charge in [0, 0.05) is 12.6 Å². The quantitative estimate of drug-likeness (QED) is 0.793. The minimum absolute atomic E-state index is 0.507. The third-order valence-corrected chi connectivity index (χ3v) is 4.31. The van der Waals surface area contributed by atoms with Crippen LogP contribution in [-0.4, -0.2) is 18.0 Å². The Labute approximate surface area is 134 Å². The van der Waals surface area contributed by atoms with Crippen molar-refractivity contribution in [2.75, 3.05) is 7.05 Å². The molecule has 2 rings (SSSR count). The van der Waals surface area contributed by atoms with Crippen LogP contribution >= 0.6 is 0 Å². The van der Waals surface area contributed by atoms with Crippen LogP contribution in [0.2, 0.25) is 0 Å². The minimum Gasteiger partial charge on any atom is -0.299 e. The smallest absolute Gasteiger partial charge is 0.0991 e. The van der Waals surface area contributed by atoms with Crippen molar-refractivity contribution < 1.29 is 0 Å².